The van der Waals surface area contributed by atoms with Gasteiger partial charge in [-0.05, 0) is 64.4 Å². The molecule has 216 valence electrons. The van der Waals surface area contributed by atoms with Crippen molar-refractivity contribution in [1.29, 1.82) is 0 Å². The molecule has 0 saturated carbocycles. The molecule has 1 fully saturated rings. The summed E-state index contributed by atoms with van der Waals surface area (Å²) in [7, 11) is 0. The van der Waals surface area contributed by atoms with Crippen molar-refractivity contribution in [3.8, 4) is 11.3 Å². The number of carbonyl (C=O) groups is 1. The molecule has 1 aromatic carbocycles. The number of fused-ring (bicyclic) bond motifs is 1. The van der Waals surface area contributed by atoms with Gasteiger partial charge in [-0.1, -0.05) is 6.07 Å². The normalized spacial score (nSPS) is 14.6. The van der Waals surface area contributed by atoms with Gasteiger partial charge >= 0.3 is 6.09 Å². The van der Waals surface area contributed by atoms with E-state index in [9.17, 15) is 4.79 Å². The Bertz CT molecular complexity index is 1520. The van der Waals surface area contributed by atoms with Crippen molar-refractivity contribution in [3.63, 3.8) is 0 Å². The molecule has 4 aromatic rings. The minimum atomic E-state index is -0.493. The Morgan fingerprint density at radius 1 is 1.10 bits per heavy atom. The van der Waals surface area contributed by atoms with Crippen LogP contribution in [0.3, 0.4) is 0 Å². The topological polar surface area (TPSA) is 112 Å². The number of anilines is 1. The Kier molecular flexibility index (Phi) is 8.16. The molecule has 3 aromatic heterocycles. The van der Waals surface area contributed by atoms with Gasteiger partial charge in [-0.2, -0.15) is 0 Å². The molecule has 0 unspecified atom stereocenters. The number of hydrogen-bond donors (Lipinski definition) is 2. The number of aromatic nitrogens is 5. The molecule has 1 aliphatic rings. The van der Waals surface area contributed by atoms with Crippen LogP contribution in [-0.2, 0) is 17.7 Å². The minimum Gasteiger partial charge on any atom is -0.444 e. The molecular weight excluding hydrogens is 523 g/mol. The van der Waals surface area contributed by atoms with Gasteiger partial charge in [-0.3, -0.25) is 9.88 Å². The lowest BCUT2D eigenvalue weighted by Gasteiger charge is -2.35. The van der Waals surface area contributed by atoms with Crippen molar-refractivity contribution in [3.05, 3.63) is 65.8 Å². The number of H-pyrrole nitrogens is 1. The number of amides is 1. The Labute approximate surface area is 239 Å². The molecule has 2 N–H and O–H groups in total. The van der Waals surface area contributed by atoms with E-state index in [1.54, 1.807) is 4.90 Å². The lowest BCUT2D eigenvalue weighted by Crippen LogP contribution is -2.49. The van der Waals surface area contributed by atoms with Crippen molar-refractivity contribution in [2.45, 2.75) is 59.2 Å². The number of rotatable bonds is 7. The van der Waals surface area contributed by atoms with Gasteiger partial charge in [0.15, 0.2) is 11.6 Å². The molecule has 1 aliphatic heterocycles. The summed E-state index contributed by atoms with van der Waals surface area (Å²) in [5, 5.41) is 3.02. The maximum atomic E-state index is 15.1. The van der Waals surface area contributed by atoms with Gasteiger partial charge in [-0.15, -0.1) is 0 Å². The van der Waals surface area contributed by atoms with E-state index in [2.05, 4.69) is 36.2 Å². The molecule has 0 spiro atoms. The molecule has 0 atom stereocenters. The third kappa shape index (κ3) is 7.15. The van der Waals surface area contributed by atoms with Crippen molar-refractivity contribution < 1.29 is 13.9 Å². The number of imidazole rings is 1. The fourth-order valence-electron chi connectivity index (χ4n) is 4.81. The molecule has 11 heteroatoms. The van der Waals surface area contributed by atoms with Gasteiger partial charge in [0.25, 0.3) is 0 Å². The predicted octanol–water partition coefficient (Wildman–Crippen LogP) is 5.02. The summed E-state index contributed by atoms with van der Waals surface area (Å²) >= 11 is 0. The molecule has 41 heavy (non-hydrogen) atoms. The zero-order valence-electron chi connectivity index (χ0n) is 24.2. The number of hydrogen-bond acceptors (Lipinski definition) is 8. The standard InChI is InChI=1S/C30H37FN8O2/c1-19(2)35-28-26(31)27(33-18-34-28)21-6-7-23-24(15-21)37-25(36-23)16-22-14-20(8-9-32-22)17-38-10-12-39(13-11-38)29(40)41-30(3,4)5/h6-9,14-15,18-19H,10-13,16-17H2,1-5H3,(H,36,37)(H,33,34,35). The van der Waals surface area contributed by atoms with E-state index in [0.29, 0.717) is 25.1 Å². The molecule has 1 amide bonds. The first-order chi connectivity index (χ1) is 19.5. The molecule has 10 nitrogen and oxygen atoms in total. The van der Waals surface area contributed by atoms with Crippen molar-refractivity contribution in [2.75, 3.05) is 31.5 Å². The Balaban J connectivity index is 1.23. The van der Waals surface area contributed by atoms with Gasteiger partial charge in [0, 0.05) is 62.6 Å². The van der Waals surface area contributed by atoms with Crippen LogP contribution in [0.5, 0.6) is 0 Å². The van der Waals surface area contributed by atoms with Gasteiger partial charge in [0.2, 0.25) is 0 Å². The van der Waals surface area contributed by atoms with Crippen molar-refractivity contribution in [1.82, 2.24) is 34.7 Å². The summed E-state index contributed by atoms with van der Waals surface area (Å²) in [6.07, 6.45) is 3.47. The van der Waals surface area contributed by atoms with Crippen LogP contribution in [0.15, 0.2) is 42.9 Å². The summed E-state index contributed by atoms with van der Waals surface area (Å²) in [6.45, 7) is 13.1. The molecule has 0 bridgehead atoms. The summed E-state index contributed by atoms with van der Waals surface area (Å²) < 4.78 is 20.6. The van der Waals surface area contributed by atoms with Crippen LogP contribution in [0.4, 0.5) is 15.0 Å². The van der Waals surface area contributed by atoms with E-state index < -0.39 is 11.4 Å². The van der Waals surface area contributed by atoms with Crippen LogP contribution in [-0.4, -0.2) is 78.6 Å². The second kappa shape index (κ2) is 11.8. The molecule has 5 rings (SSSR count). The summed E-state index contributed by atoms with van der Waals surface area (Å²) in [4.78, 5) is 37.3. The summed E-state index contributed by atoms with van der Waals surface area (Å²) in [5.74, 6) is 0.483. The average Bonchev–Trinajstić information content (AvgIpc) is 3.31. The van der Waals surface area contributed by atoms with Gasteiger partial charge in [0.1, 0.15) is 23.4 Å². The van der Waals surface area contributed by atoms with E-state index in [0.717, 1.165) is 47.7 Å². The number of ether oxygens (including phenoxy) is 1. The fourth-order valence-corrected chi connectivity index (χ4v) is 4.81. The van der Waals surface area contributed by atoms with Crippen molar-refractivity contribution in [2.24, 2.45) is 0 Å². The molecule has 4 heterocycles. The average molecular weight is 561 g/mol. The van der Waals surface area contributed by atoms with E-state index in [-0.39, 0.29) is 23.6 Å². The number of carbonyl (C=O) groups excluding carboxylic acids is 1. The van der Waals surface area contributed by atoms with E-state index in [1.165, 1.54) is 6.33 Å². The van der Waals surface area contributed by atoms with Gasteiger partial charge in [-0.25, -0.2) is 24.1 Å². The number of piperazine rings is 1. The first-order valence-electron chi connectivity index (χ1n) is 13.9. The number of pyridine rings is 1. The highest BCUT2D eigenvalue weighted by atomic mass is 19.1. The van der Waals surface area contributed by atoms with Gasteiger partial charge in [0.05, 0.1) is 11.0 Å². The Morgan fingerprint density at radius 3 is 2.61 bits per heavy atom. The van der Waals surface area contributed by atoms with Crippen LogP contribution in [0.1, 0.15) is 51.7 Å². The molecule has 0 aliphatic carbocycles. The number of aromatic amines is 1. The fraction of sp³-hybridized carbons (Fsp3) is 0.433. The second-order valence-electron chi connectivity index (χ2n) is 11.7. The van der Waals surface area contributed by atoms with Crippen LogP contribution in [0, 0.1) is 5.82 Å². The van der Waals surface area contributed by atoms with E-state index in [1.807, 2.05) is 65.1 Å². The molecule has 1 saturated heterocycles. The quantitative estimate of drug-likeness (QED) is 0.324. The van der Waals surface area contributed by atoms with Crippen LogP contribution in [0.2, 0.25) is 0 Å². The Hall–Kier alpha value is -4.12. The van der Waals surface area contributed by atoms with Gasteiger partial charge < -0.3 is 19.9 Å². The highest BCUT2D eigenvalue weighted by molar-refractivity contribution is 5.81. The first kappa shape index (κ1) is 28.4. The molecular formula is C30H37FN8O2. The zero-order valence-corrected chi connectivity index (χ0v) is 24.2. The number of nitrogens with zero attached hydrogens (tertiary/aromatic N) is 6. The third-order valence-electron chi connectivity index (χ3n) is 6.68. The van der Waals surface area contributed by atoms with E-state index >= 15 is 4.39 Å². The monoisotopic (exact) mass is 560 g/mol. The van der Waals surface area contributed by atoms with Crippen LogP contribution in [0.25, 0.3) is 22.3 Å². The van der Waals surface area contributed by atoms with Crippen molar-refractivity contribution >= 4 is 22.9 Å². The molecule has 0 radical (unpaired) electrons. The predicted molar refractivity (Wildman–Crippen MR) is 156 cm³/mol. The third-order valence-corrected chi connectivity index (χ3v) is 6.68. The summed E-state index contributed by atoms with van der Waals surface area (Å²) in [5.41, 5.74) is 4.04. The largest absolute Gasteiger partial charge is 0.444 e. The number of halogens is 1. The van der Waals surface area contributed by atoms with Crippen LogP contribution < -0.4 is 5.32 Å². The maximum Gasteiger partial charge on any atom is 0.410 e. The number of nitrogens with one attached hydrogen (secondary N) is 2. The first-order valence-corrected chi connectivity index (χ1v) is 13.9. The number of benzene rings is 1. The Morgan fingerprint density at radius 2 is 1.88 bits per heavy atom. The minimum absolute atomic E-state index is 0.0476. The highest BCUT2D eigenvalue weighted by Gasteiger charge is 2.26. The lowest BCUT2D eigenvalue weighted by atomic mass is 10.1. The smallest absolute Gasteiger partial charge is 0.410 e. The second-order valence-corrected chi connectivity index (χ2v) is 11.7. The maximum absolute atomic E-state index is 15.1. The summed E-state index contributed by atoms with van der Waals surface area (Å²) in [6, 6.07) is 9.70. The zero-order chi connectivity index (χ0) is 29.1. The van der Waals surface area contributed by atoms with E-state index in [4.69, 9.17) is 9.72 Å². The lowest BCUT2D eigenvalue weighted by molar-refractivity contribution is 0.0139. The SMILES string of the molecule is CC(C)Nc1ncnc(-c2ccc3nc(Cc4cc(CN5CCN(C(=O)OC(C)(C)C)CC5)ccn4)[nH]c3c2)c1F. The van der Waals surface area contributed by atoms with Crippen LogP contribution >= 0.6 is 0 Å². The highest BCUT2D eigenvalue weighted by Crippen LogP contribution is 2.27.